The molecule has 4 rings (SSSR count). The molecule has 0 radical (unpaired) electrons. The second-order valence-corrected chi connectivity index (χ2v) is 8.44. The van der Waals surface area contributed by atoms with Crippen LogP contribution in [0.1, 0.15) is 21.7 Å². The predicted molar refractivity (Wildman–Crippen MR) is 123 cm³/mol. The number of ether oxygens (including phenoxy) is 4. The number of methoxy groups -OCH3 is 1. The van der Waals surface area contributed by atoms with Crippen molar-refractivity contribution in [3.05, 3.63) is 57.0 Å². The highest BCUT2D eigenvalue weighted by atomic mass is 32.1. The Morgan fingerprint density at radius 2 is 2.18 bits per heavy atom. The molecule has 0 saturated carbocycles. The number of hydrogen-bond acceptors (Lipinski definition) is 9. The molecule has 3 heterocycles. The smallest absolute Gasteiger partial charge is 0.287 e. The molecule has 12 heteroatoms. The molecule has 2 unspecified atom stereocenters. The van der Waals surface area contributed by atoms with Crippen molar-refractivity contribution in [2.45, 2.75) is 25.4 Å². The molecule has 2 amide bonds. The summed E-state index contributed by atoms with van der Waals surface area (Å²) in [7, 11) is 1.57. The van der Waals surface area contributed by atoms with Gasteiger partial charge in [-0.3, -0.25) is 14.4 Å². The fraction of sp³-hybridized carbons (Fsp3) is 0.364. The molecule has 1 saturated heterocycles. The largest absolute Gasteiger partial charge is 0.497 e. The molecule has 180 valence electrons. The zero-order valence-electron chi connectivity index (χ0n) is 18.4. The Kier molecular flexibility index (Phi) is 7.53. The third kappa shape index (κ3) is 5.59. The number of thiophene rings is 1. The molecular formula is C22H24N4O7S. The van der Waals surface area contributed by atoms with Crippen LogP contribution < -0.4 is 21.3 Å². The molecule has 0 bridgehead atoms. The van der Waals surface area contributed by atoms with E-state index in [4.69, 9.17) is 24.7 Å². The van der Waals surface area contributed by atoms with Gasteiger partial charge in [-0.2, -0.15) is 0 Å². The zero-order valence-corrected chi connectivity index (χ0v) is 19.2. The van der Waals surface area contributed by atoms with Crippen molar-refractivity contribution in [2.75, 3.05) is 26.9 Å². The maximum Gasteiger partial charge on any atom is 0.287 e. The van der Waals surface area contributed by atoms with Gasteiger partial charge in [-0.15, -0.1) is 11.3 Å². The number of H-pyrrole nitrogens is 1. The first-order chi connectivity index (χ1) is 16.4. The van der Waals surface area contributed by atoms with Crippen molar-refractivity contribution in [1.29, 1.82) is 0 Å². The van der Waals surface area contributed by atoms with Gasteiger partial charge < -0.3 is 35.0 Å². The molecule has 3 aromatic rings. The van der Waals surface area contributed by atoms with Gasteiger partial charge in [0.2, 0.25) is 11.7 Å². The normalized spacial score (nSPS) is 18.0. The summed E-state index contributed by atoms with van der Waals surface area (Å²) >= 11 is 1.25. The van der Waals surface area contributed by atoms with E-state index >= 15 is 0 Å². The highest BCUT2D eigenvalue weighted by Crippen LogP contribution is 2.22. The predicted octanol–water partition coefficient (Wildman–Crippen LogP) is 0.709. The van der Waals surface area contributed by atoms with Crippen molar-refractivity contribution in [1.82, 2.24) is 15.3 Å². The molecule has 2 aromatic heterocycles. The van der Waals surface area contributed by atoms with Crippen molar-refractivity contribution >= 4 is 33.4 Å². The van der Waals surface area contributed by atoms with E-state index in [0.717, 1.165) is 5.56 Å². The van der Waals surface area contributed by atoms with E-state index in [-0.39, 0.29) is 44.9 Å². The van der Waals surface area contributed by atoms with Crippen LogP contribution in [0.5, 0.6) is 5.75 Å². The fourth-order valence-electron chi connectivity index (χ4n) is 3.37. The summed E-state index contributed by atoms with van der Waals surface area (Å²) in [4.78, 5) is 43.6. The molecule has 2 atom stereocenters. The summed E-state index contributed by atoms with van der Waals surface area (Å²) in [5.41, 5.74) is 6.27. The van der Waals surface area contributed by atoms with Crippen LogP contribution >= 0.6 is 11.3 Å². The molecule has 4 N–H and O–H groups in total. The van der Waals surface area contributed by atoms with Crippen LogP contribution in [0.25, 0.3) is 10.2 Å². The van der Waals surface area contributed by atoms with Gasteiger partial charge >= 0.3 is 0 Å². The van der Waals surface area contributed by atoms with E-state index in [9.17, 15) is 14.4 Å². The molecule has 34 heavy (non-hydrogen) atoms. The Balaban J connectivity index is 1.35. The van der Waals surface area contributed by atoms with E-state index in [1.165, 1.54) is 11.3 Å². The van der Waals surface area contributed by atoms with Crippen LogP contribution in [0.3, 0.4) is 0 Å². The second-order valence-electron chi connectivity index (χ2n) is 7.58. The summed E-state index contributed by atoms with van der Waals surface area (Å²) in [5.74, 6) is -0.433. The quantitative estimate of drug-likeness (QED) is 0.398. The number of fused-ring (bicyclic) bond motifs is 1. The van der Waals surface area contributed by atoms with E-state index in [0.29, 0.717) is 21.5 Å². The molecule has 1 aromatic carbocycles. The number of amides is 2. The Morgan fingerprint density at radius 1 is 1.32 bits per heavy atom. The van der Waals surface area contributed by atoms with Crippen LogP contribution in [-0.2, 0) is 32.2 Å². The molecule has 1 aliphatic rings. The Bertz CT molecular complexity index is 1230. The third-order valence-electron chi connectivity index (χ3n) is 5.17. The Hall–Kier alpha value is -3.32. The first-order valence-corrected chi connectivity index (χ1v) is 11.3. The number of nitrogens with one attached hydrogen (secondary N) is 2. The van der Waals surface area contributed by atoms with Crippen molar-refractivity contribution in [2.24, 2.45) is 5.73 Å². The van der Waals surface area contributed by atoms with Gasteiger partial charge in [-0.25, -0.2) is 4.98 Å². The second kappa shape index (κ2) is 10.7. The molecular weight excluding hydrogens is 464 g/mol. The first-order valence-electron chi connectivity index (χ1n) is 10.5. The van der Waals surface area contributed by atoms with Gasteiger partial charge in [0.05, 0.1) is 38.9 Å². The number of benzene rings is 1. The lowest BCUT2D eigenvalue weighted by Crippen LogP contribution is -2.44. The number of hydrogen-bond donors (Lipinski definition) is 3. The molecule has 11 nitrogen and oxygen atoms in total. The summed E-state index contributed by atoms with van der Waals surface area (Å²) in [6, 6.07) is 7.30. The fourth-order valence-corrected chi connectivity index (χ4v) is 4.30. The summed E-state index contributed by atoms with van der Waals surface area (Å²) in [6.45, 7) is 0.907. The number of aromatic nitrogens is 2. The minimum absolute atomic E-state index is 0.0635. The SMILES string of the molecule is COc1cccc(CNC(=O)c2nc3scc(COCC4COC(C(N)=O)CO4)c3c(=O)[nH]2)c1. The summed E-state index contributed by atoms with van der Waals surface area (Å²) < 4.78 is 21.7. The van der Waals surface area contributed by atoms with Crippen LogP contribution in [0.4, 0.5) is 0 Å². The lowest BCUT2D eigenvalue weighted by atomic mass is 10.2. The topological polar surface area (TPSA) is 155 Å². The molecule has 0 aliphatic carbocycles. The Morgan fingerprint density at radius 3 is 2.91 bits per heavy atom. The van der Waals surface area contributed by atoms with E-state index in [1.807, 2.05) is 24.3 Å². The zero-order chi connectivity index (χ0) is 24.1. The maximum atomic E-state index is 12.7. The number of nitrogens with zero attached hydrogens (tertiary/aromatic N) is 1. The lowest BCUT2D eigenvalue weighted by molar-refractivity contribution is -0.166. The number of rotatable bonds is 9. The number of primary amides is 1. The van der Waals surface area contributed by atoms with Gasteiger partial charge in [-0.1, -0.05) is 12.1 Å². The summed E-state index contributed by atoms with van der Waals surface area (Å²) in [5, 5.41) is 4.89. The minimum atomic E-state index is -0.747. The number of carbonyl (C=O) groups excluding carboxylic acids is 2. The van der Waals surface area contributed by atoms with Crippen LogP contribution in [-0.4, -0.2) is 60.9 Å². The van der Waals surface area contributed by atoms with E-state index in [2.05, 4.69) is 15.3 Å². The standard InChI is InChI=1S/C22H24N4O7S/c1-30-14-4-2-3-12(5-14)6-24-21(29)19-25-20(28)17-13(11-34-22(17)26-19)7-31-8-15-9-33-16(10-32-15)18(23)27/h2-5,11,15-16H,6-10H2,1H3,(H2,23,27)(H,24,29)(H,25,26,28). The van der Waals surface area contributed by atoms with E-state index in [1.54, 1.807) is 12.5 Å². The number of aromatic amines is 1. The first kappa shape index (κ1) is 23.8. The third-order valence-corrected chi connectivity index (χ3v) is 6.09. The molecule has 1 fully saturated rings. The van der Waals surface area contributed by atoms with Gasteiger partial charge in [-0.05, 0) is 23.1 Å². The lowest BCUT2D eigenvalue weighted by Gasteiger charge is -2.27. The van der Waals surface area contributed by atoms with E-state index < -0.39 is 23.5 Å². The molecule has 0 spiro atoms. The van der Waals surface area contributed by atoms with Gasteiger partial charge in [0.1, 0.15) is 16.7 Å². The highest BCUT2D eigenvalue weighted by Gasteiger charge is 2.26. The monoisotopic (exact) mass is 488 g/mol. The van der Waals surface area contributed by atoms with Gasteiger partial charge in [0, 0.05) is 12.1 Å². The van der Waals surface area contributed by atoms with Crippen LogP contribution in [0.15, 0.2) is 34.4 Å². The van der Waals surface area contributed by atoms with Crippen LogP contribution in [0.2, 0.25) is 0 Å². The average Bonchev–Trinajstić information content (AvgIpc) is 3.26. The van der Waals surface area contributed by atoms with Crippen molar-refractivity contribution < 1.29 is 28.5 Å². The van der Waals surface area contributed by atoms with Crippen molar-refractivity contribution in [3.63, 3.8) is 0 Å². The highest BCUT2D eigenvalue weighted by molar-refractivity contribution is 7.16. The van der Waals surface area contributed by atoms with Crippen LogP contribution in [0, 0.1) is 0 Å². The van der Waals surface area contributed by atoms with Crippen molar-refractivity contribution in [3.8, 4) is 5.75 Å². The van der Waals surface area contributed by atoms with Gasteiger partial charge in [0.25, 0.3) is 11.5 Å². The van der Waals surface area contributed by atoms with Gasteiger partial charge in [0.15, 0.2) is 6.10 Å². The number of carbonyl (C=O) groups is 2. The average molecular weight is 489 g/mol. The summed E-state index contributed by atoms with van der Waals surface area (Å²) in [6.07, 6.45) is -1.08. The molecule has 1 aliphatic heterocycles. The minimum Gasteiger partial charge on any atom is -0.497 e. The Labute approximate surface area is 198 Å². The number of nitrogens with two attached hydrogens (primary N) is 1. The maximum absolute atomic E-state index is 12.7.